The van der Waals surface area contributed by atoms with Gasteiger partial charge in [-0.2, -0.15) is 0 Å². The molecule has 5 heteroatoms. The third-order valence-electron chi connectivity index (χ3n) is 7.26. The van der Waals surface area contributed by atoms with E-state index in [-0.39, 0.29) is 0 Å². The van der Waals surface area contributed by atoms with Crippen molar-refractivity contribution in [3.8, 4) is 5.75 Å². The molecule has 3 N–H and O–H groups in total. The van der Waals surface area contributed by atoms with E-state index >= 15 is 0 Å². The molecular weight excluding hydrogens is 380 g/mol. The second kappa shape index (κ2) is 9.84. The number of hydrogen-bond donors (Lipinski definition) is 3. The van der Waals surface area contributed by atoms with Crippen molar-refractivity contribution < 1.29 is 24.9 Å². The first-order valence-electron chi connectivity index (χ1n) is 11.6. The maximum Gasteiger partial charge on any atom is 0.309 e. The van der Waals surface area contributed by atoms with E-state index in [4.69, 9.17) is 0 Å². The highest BCUT2D eigenvalue weighted by molar-refractivity contribution is 5.78. The van der Waals surface area contributed by atoms with Crippen LogP contribution in [0.2, 0.25) is 0 Å². The van der Waals surface area contributed by atoms with Crippen LogP contribution in [0.3, 0.4) is 0 Å². The number of benzene rings is 1. The molecule has 0 atom stereocenters. The lowest BCUT2D eigenvalue weighted by Crippen LogP contribution is -2.14. The second-order valence-corrected chi connectivity index (χ2v) is 9.60. The van der Waals surface area contributed by atoms with Crippen molar-refractivity contribution >= 4 is 11.9 Å². The number of carboxylic acids is 2. The molecule has 0 saturated heterocycles. The van der Waals surface area contributed by atoms with Gasteiger partial charge < -0.3 is 15.3 Å². The minimum absolute atomic E-state index is 0.306. The predicted molar refractivity (Wildman–Crippen MR) is 116 cm³/mol. The molecule has 166 valence electrons. The lowest BCUT2D eigenvalue weighted by Gasteiger charge is -2.12. The van der Waals surface area contributed by atoms with E-state index in [1.54, 1.807) is 6.07 Å². The number of phenols is 1. The zero-order chi connectivity index (χ0) is 21.6. The Labute approximate surface area is 179 Å². The van der Waals surface area contributed by atoms with Gasteiger partial charge in [0.1, 0.15) is 5.75 Å². The van der Waals surface area contributed by atoms with E-state index in [1.807, 2.05) is 12.1 Å². The van der Waals surface area contributed by atoms with Gasteiger partial charge in [0.15, 0.2) is 0 Å². The van der Waals surface area contributed by atoms with Gasteiger partial charge in [-0.3, -0.25) is 9.59 Å². The minimum atomic E-state index is -0.631. The van der Waals surface area contributed by atoms with Crippen LogP contribution in [0.4, 0.5) is 0 Å². The van der Waals surface area contributed by atoms with Gasteiger partial charge in [0.2, 0.25) is 0 Å². The van der Waals surface area contributed by atoms with Crippen LogP contribution in [0.15, 0.2) is 18.2 Å². The second-order valence-electron chi connectivity index (χ2n) is 9.60. The van der Waals surface area contributed by atoms with Gasteiger partial charge in [0.25, 0.3) is 0 Å². The lowest BCUT2D eigenvalue weighted by atomic mass is 9.94. The molecule has 3 rings (SSSR count). The fourth-order valence-corrected chi connectivity index (χ4v) is 4.62. The molecule has 0 unspecified atom stereocenters. The van der Waals surface area contributed by atoms with E-state index in [2.05, 4.69) is 0 Å². The molecule has 0 bridgehead atoms. The molecular formula is C25H36O5. The van der Waals surface area contributed by atoms with Crippen LogP contribution in [-0.2, 0) is 22.4 Å². The Hall–Kier alpha value is -2.04. The first-order chi connectivity index (χ1) is 14.4. The maximum absolute atomic E-state index is 11.2. The minimum Gasteiger partial charge on any atom is -0.508 e. The van der Waals surface area contributed by atoms with Crippen molar-refractivity contribution in [1.29, 1.82) is 0 Å². The third-order valence-corrected chi connectivity index (χ3v) is 7.26. The summed E-state index contributed by atoms with van der Waals surface area (Å²) in [5, 5.41) is 28.4. The number of phenolic OH excluding ortho intramolecular Hbond substituents is 1. The van der Waals surface area contributed by atoms with Crippen molar-refractivity contribution in [2.45, 2.75) is 96.3 Å². The largest absolute Gasteiger partial charge is 0.508 e. The molecule has 0 aliphatic heterocycles. The summed E-state index contributed by atoms with van der Waals surface area (Å²) in [6.07, 6.45) is 14.1. The van der Waals surface area contributed by atoms with Gasteiger partial charge in [-0.05, 0) is 87.5 Å². The van der Waals surface area contributed by atoms with Crippen LogP contribution < -0.4 is 0 Å². The molecule has 2 aliphatic carbocycles. The molecule has 30 heavy (non-hydrogen) atoms. The first-order valence-corrected chi connectivity index (χ1v) is 11.6. The molecule has 5 nitrogen and oxygen atoms in total. The number of aliphatic carboxylic acids is 2. The van der Waals surface area contributed by atoms with Crippen LogP contribution >= 0.6 is 0 Å². The third kappa shape index (κ3) is 5.99. The van der Waals surface area contributed by atoms with Crippen molar-refractivity contribution in [1.82, 2.24) is 0 Å². The lowest BCUT2D eigenvalue weighted by molar-refractivity contribution is -0.144. The van der Waals surface area contributed by atoms with Gasteiger partial charge in [-0.15, -0.1) is 0 Å². The summed E-state index contributed by atoms with van der Waals surface area (Å²) in [7, 11) is 0. The summed E-state index contributed by atoms with van der Waals surface area (Å²) in [5.41, 5.74) is 1.69. The first kappa shape index (κ1) is 22.6. The summed E-state index contributed by atoms with van der Waals surface area (Å²) in [6, 6.07) is 5.66. The molecule has 0 heterocycles. The van der Waals surface area contributed by atoms with E-state index in [1.165, 1.54) is 11.1 Å². The Kier molecular flexibility index (Phi) is 7.43. The average molecular weight is 417 g/mol. The summed E-state index contributed by atoms with van der Waals surface area (Å²) in [4.78, 5) is 22.5. The smallest absolute Gasteiger partial charge is 0.309 e. The molecule has 2 aliphatic rings. The zero-order valence-corrected chi connectivity index (χ0v) is 18.0. The molecule has 0 aromatic heterocycles. The van der Waals surface area contributed by atoms with E-state index in [0.29, 0.717) is 5.75 Å². The summed E-state index contributed by atoms with van der Waals surface area (Å²) >= 11 is 0. The van der Waals surface area contributed by atoms with E-state index in [9.17, 15) is 24.9 Å². The topological polar surface area (TPSA) is 94.8 Å². The van der Waals surface area contributed by atoms with Gasteiger partial charge in [0, 0.05) is 0 Å². The van der Waals surface area contributed by atoms with Crippen LogP contribution in [0.25, 0.3) is 0 Å². The van der Waals surface area contributed by atoms with E-state index in [0.717, 1.165) is 96.3 Å². The monoisotopic (exact) mass is 416 g/mol. The Morgan fingerprint density at radius 3 is 1.67 bits per heavy atom. The quantitative estimate of drug-likeness (QED) is 0.318. The molecule has 1 aromatic carbocycles. The molecule has 0 spiro atoms. The summed E-state index contributed by atoms with van der Waals surface area (Å²) < 4.78 is 0. The zero-order valence-electron chi connectivity index (χ0n) is 18.0. The van der Waals surface area contributed by atoms with Crippen LogP contribution in [-0.4, -0.2) is 27.3 Å². The molecule has 0 amide bonds. The SMILES string of the molecule is O=C(O)C1(CCCCCCc2ccc(O)cc2CCCCCC2(C(=O)O)CC2)CC1. The van der Waals surface area contributed by atoms with Crippen LogP contribution in [0.5, 0.6) is 5.75 Å². The molecule has 0 radical (unpaired) electrons. The Morgan fingerprint density at radius 1 is 0.700 bits per heavy atom. The van der Waals surface area contributed by atoms with Crippen molar-refractivity contribution in [3.05, 3.63) is 29.3 Å². The van der Waals surface area contributed by atoms with Gasteiger partial charge in [-0.1, -0.05) is 38.2 Å². The predicted octanol–water partition coefficient (Wildman–Crippen LogP) is 5.72. The van der Waals surface area contributed by atoms with Crippen molar-refractivity contribution in [2.75, 3.05) is 0 Å². The number of aryl methyl sites for hydroxylation is 2. The van der Waals surface area contributed by atoms with Crippen molar-refractivity contribution in [2.24, 2.45) is 10.8 Å². The number of aromatic hydroxyl groups is 1. The number of carboxylic acid groups (broad SMARTS) is 2. The van der Waals surface area contributed by atoms with Crippen molar-refractivity contribution in [3.63, 3.8) is 0 Å². The standard InChI is InChI=1S/C25H36O5/c26-21-11-10-19(8-4-1-2-6-12-24(14-15-24)22(27)28)20(18-21)9-5-3-7-13-25(16-17-25)23(29)30/h10-11,18,26H,1-9,12-17H2,(H,27,28)(H,29,30). The van der Waals surface area contributed by atoms with Crippen LogP contribution in [0.1, 0.15) is 94.6 Å². The van der Waals surface area contributed by atoms with Crippen LogP contribution in [0, 0.1) is 10.8 Å². The molecule has 1 aromatic rings. The molecule has 2 fully saturated rings. The Morgan fingerprint density at radius 2 is 1.17 bits per heavy atom. The Bertz CT molecular complexity index is 746. The normalized spacial score (nSPS) is 18.1. The van der Waals surface area contributed by atoms with E-state index < -0.39 is 22.8 Å². The maximum atomic E-state index is 11.2. The van der Waals surface area contributed by atoms with Gasteiger partial charge >= 0.3 is 11.9 Å². The van der Waals surface area contributed by atoms with Gasteiger partial charge in [-0.25, -0.2) is 0 Å². The highest BCUT2D eigenvalue weighted by Gasteiger charge is 2.49. The summed E-state index contributed by atoms with van der Waals surface area (Å²) in [6.45, 7) is 0. The highest BCUT2D eigenvalue weighted by atomic mass is 16.4. The number of hydrogen-bond acceptors (Lipinski definition) is 3. The fourth-order valence-electron chi connectivity index (χ4n) is 4.62. The number of unbranched alkanes of at least 4 members (excludes halogenated alkanes) is 5. The highest BCUT2D eigenvalue weighted by Crippen LogP contribution is 2.50. The number of rotatable bonds is 15. The Balaban J connectivity index is 1.34. The van der Waals surface area contributed by atoms with Gasteiger partial charge in [0.05, 0.1) is 10.8 Å². The summed E-state index contributed by atoms with van der Waals surface area (Å²) in [5.74, 6) is -0.945. The number of carbonyl (C=O) groups is 2. The average Bonchev–Trinajstić information content (AvgIpc) is 3.61. The molecule has 2 saturated carbocycles. The fraction of sp³-hybridized carbons (Fsp3) is 0.680.